The zero-order chi connectivity index (χ0) is 33.5. The van der Waals surface area contributed by atoms with Crippen LogP contribution in [0.2, 0.25) is 0 Å². The predicted molar refractivity (Wildman–Crippen MR) is 209 cm³/mol. The minimum Gasteiger partial charge on any atom is -0.456 e. The van der Waals surface area contributed by atoms with Crippen molar-refractivity contribution in [3.05, 3.63) is 170 Å². The van der Waals surface area contributed by atoms with E-state index in [9.17, 15) is 0 Å². The molecule has 4 heterocycles. The van der Waals surface area contributed by atoms with Crippen LogP contribution in [0.25, 0.3) is 99.7 Å². The molecule has 0 saturated heterocycles. The molecule has 238 valence electrons. The Morgan fingerprint density at radius 3 is 1.75 bits per heavy atom. The van der Waals surface area contributed by atoms with Crippen molar-refractivity contribution >= 4 is 65.6 Å². The fourth-order valence-electron chi connectivity index (χ4n) is 7.88. The first-order valence-electron chi connectivity index (χ1n) is 17.2. The van der Waals surface area contributed by atoms with Crippen LogP contribution in [-0.4, -0.2) is 19.1 Å². The molecule has 5 heteroatoms. The van der Waals surface area contributed by atoms with Gasteiger partial charge in [0.05, 0.1) is 33.5 Å². The molecule has 5 nitrogen and oxygen atoms in total. The van der Waals surface area contributed by atoms with Crippen molar-refractivity contribution in [2.24, 2.45) is 0 Å². The van der Waals surface area contributed by atoms with Crippen molar-refractivity contribution in [3.8, 4) is 34.2 Å². The highest BCUT2D eigenvalue weighted by molar-refractivity contribution is 6.27. The van der Waals surface area contributed by atoms with Crippen molar-refractivity contribution in [3.63, 3.8) is 0 Å². The first-order valence-corrected chi connectivity index (χ1v) is 17.2. The second-order valence-electron chi connectivity index (χ2n) is 13.0. The summed E-state index contributed by atoms with van der Waals surface area (Å²) in [6, 6.07) is 59.4. The number of nitrogens with zero attached hydrogens (tertiary/aromatic N) is 4. The zero-order valence-electron chi connectivity index (χ0n) is 27.4. The molecule has 0 unspecified atom stereocenters. The van der Waals surface area contributed by atoms with Gasteiger partial charge in [0.2, 0.25) is 5.95 Å². The second-order valence-corrected chi connectivity index (χ2v) is 13.0. The first kappa shape index (κ1) is 27.9. The van der Waals surface area contributed by atoms with Gasteiger partial charge in [0.1, 0.15) is 11.2 Å². The van der Waals surface area contributed by atoms with Crippen molar-refractivity contribution in [2.75, 3.05) is 0 Å². The Balaban J connectivity index is 1.35. The maximum absolute atomic E-state index is 6.45. The van der Waals surface area contributed by atoms with Gasteiger partial charge in [0, 0.05) is 49.1 Å². The Morgan fingerprint density at radius 1 is 0.392 bits per heavy atom. The number of hydrogen-bond acceptors (Lipinski definition) is 3. The van der Waals surface area contributed by atoms with Gasteiger partial charge in [-0.3, -0.25) is 4.57 Å². The lowest BCUT2D eigenvalue weighted by molar-refractivity contribution is 0.669. The van der Waals surface area contributed by atoms with Crippen LogP contribution in [0.15, 0.2) is 174 Å². The van der Waals surface area contributed by atoms with E-state index < -0.39 is 0 Å². The molecule has 0 bridgehead atoms. The lowest BCUT2D eigenvalue weighted by atomic mass is 10.1. The summed E-state index contributed by atoms with van der Waals surface area (Å²) in [5.41, 5.74) is 11.0. The Morgan fingerprint density at radius 2 is 1.02 bits per heavy atom. The van der Waals surface area contributed by atoms with Crippen molar-refractivity contribution in [1.82, 2.24) is 19.1 Å². The highest BCUT2D eigenvalue weighted by Gasteiger charge is 2.24. The fourth-order valence-corrected chi connectivity index (χ4v) is 7.88. The average Bonchev–Trinajstić information content (AvgIpc) is 3.85. The van der Waals surface area contributed by atoms with Crippen LogP contribution < -0.4 is 0 Å². The van der Waals surface area contributed by atoms with Crippen molar-refractivity contribution in [2.45, 2.75) is 0 Å². The van der Waals surface area contributed by atoms with Crippen LogP contribution >= 0.6 is 0 Å². The number of benzene rings is 7. The standard InChI is InChI=1S/C46H28N4O/c1-4-14-29(15-5-1)37-28-38(30-16-6-2-7-17-30)48-46(47-37)50-41-26-36-32-20-11-13-23-42(32)51-43(36)27-35(41)33-24-25-40-44(45(33)50)34-21-10-12-22-39(34)49(40)31-18-8-3-9-19-31/h1-28H. The van der Waals surface area contributed by atoms with E-state index in [0.717, 1.165) is 88.4 Å². The van der Waals surface area contributed by atoms with Gasteiger partial charge < -0.3 is 8.98 Å². The Kier molecular flexibility index (Phi) is 5.89. The van der Waals surface area contributed by atoms with Crippen LogP contribution in [0.5, 0.6) is 0 Å². The Labute approximate surface area is 292 Å². The van der Waals surface area contributed by atoms with E-state index in [0.29, 0.717) is 5.95 Å². The topological polar surface area (TPSA) is 48.8 Å². The summed E-state index contributed by atoms with van der Waals surface area (Å²) in [7, 11) is 0. The molecule has 0 aliphatic rings. The van der Waals surface area contributed by atoms with E-state index in [1.165, 1.54) is 5.39 Å². The minimum atomic E-state index is 0.617. The normalized spacial score (nSPS) is 11.9. The SMILES string of the molecule is c1ccc(-c2cc(-c3ccccc3)nc(-n3c4cc5c(cc4c4ccc6c(c7ccccc7n6-c6ccccc6)c43)oc3ccccc35)n2)cc1. The van der Waals surface area contributed by atoms with E-state index in [2.05, 4.69) is 155 Å². The molecule has 4 aromatic heterocycles. The molecule has 0 aliphatic carbocycles. The summed E-state index contributed by atoms with van der Waals surface area (Å²) in [5.74, 6) is 0.617. The molecule has 11 rings (SSSR count). The molecule has 0 N–H and O–H groups in total. The molecule has 0 fully saturated rings. The van der Waals surface area contributed by atoms with Crippen LogP contribution in [-0.2, 0) is 0 Å². The molecular formula is C46H28N4O. The van der Waals surface area contributed by atoms with Gasteiger partial charge in [-0.2, -0.15) is 0 Å². The number of aromatic nitrogens is 4. The highest BCUT2D eigenvalue weighted by atomic mass is 16.3. The van der Waals surface area contributed by atoms with Gasteiger partial charge in [-0.25, -0.2) is 9.97 Å². The Hall–Kier alpha value is -6.98. The molecule has 0 saturated carbocycles. The van der Waals surface area contributed by atoms with Gasteiger partial charge >= 0.3 is 0 Å². The number of para-hydroxylation sites is 3. The van der Waals surface area contributed by atoms with E-state index in [1.807, 2.05) is 24.3 Å². The lowest BCUT2D eigenvalue weighted by Gasteiger charge is -2.12. The van der Waals surface area contributed by atoms with Crippen LogP contribution in [0.4, 0.5) is 0 Å². The highest BCUT2D eigenvalue weighted by Crippen LogP contribution is 2.44. The first-order chi connectivity index (χ1) is 25.3. The maximum atomic E-state index is 6.45. The minimum absolute atomic E-state index is 0.617. The summed E-state index contributed by atoms with van der Waals surface area (Å²) in [6.45, 7) is 0. The number of hydrogen-bond donors (Lipinski definition) is 0. The molecule has 7 aromatic carbocycles. The van der Waals surface area contributed by atoms with Crippen LogP contribution in [0.1, 0.15) is 0 Å². The van der Waals surface area contributed by atoms with Gasteiger partial charge in [0.15, 0.2) is 0 Å². The van der Waals surface area contributed by atoms with Gasteiger partial charge in [-0.1, -0.05) is 121 Å². The maximum Gasteiger partial charge on any atom is 0.235 e. The fraction of sp³-hybridized carbons (Fsp3) is 0. The monoisotopic (exact) mass is 652 g/mol. The summed E-state index contributed by atoms with van der Waals surface area (Å²) in [5, 5.41) is 6.67. The molecule has 0 amide bonds. The molecule has 0 atom stereocenters. The lowest BCUT2D eigenvalue weighted by Crippen LogP contribution is -2.04. The number of rotatable bonds is 4. The smallest absolute Gasteiger partial charge is 0.235 e. The number of fused-ring (bicyclic) bond motifs is 10. The van der Waals surface area contributed by atoms with Gasteiger partial charge in [0.25, 0.3) is 0 Å². The third-order valence-corrected chi connectivity index (χ3v) is 10.1. The predicted octanol–water partition coefficient (Wildman–Crippen LogP) is 11.9. The second kappa shape index (κ2) is 10.8. The van der Waals surface area contributed by atoms with Crippen molar-refractivity contribution < 1.29 is 4.42 Å². The van der Waals surface area contributed by atoms with Gasteiger partial charge in [-0.05, 0) is 48.5 Å². The zero-order valence-corrected chi connectivity index (χ0v) is 27.4. The largest absolute Gasteiger partial charge is 0.456 e. The summed E-state index contributed by atoms with van der Waals surface area (Å²) in [6.07, 6.45) is 0. The van der Waals surface area contributed by atoms with Gasteiger partial charge in [-0.15, -0.1) is 0 Å². The molecule has 11 aromatic rings. The summed E-state index contributed by atoms with van der Waals surface area (Å²) < 4.78 is 11.1. The van der Waals surface area contributed by atoms with E-state index in [1.54, 1.807) is 0 Å². The summed E-state index contributed by atoms with van der Waals surface area (Å²) in [4.78, 5) is 10.8. The third kappa shape index (κ3) is 4.15. The molecule has 0 aliphatic heterocycles. The summed E-state index contributed by atoms with van der Waals surface area (Å²) >= 11 is 0. The molecule has 0 radical (unpaired) electrons. The third-order valence-electron chi connectivity index (χ3n) is 10.1. The average molecular weight is 653 g/mol. The molecular weight excluding hydrogens is 625 g/mol. The van der Waals surface area contributed by atoms with Crippen LogP contribution in [0.3, 0.4) is 0 Å². The van der Waals surface area contributed by atoms with E-state index >= 15 is 0 Å². The van der Waals surface area contributed by atoms with Crippen LogP contribution in [0, 0.1) is 0 Å². The Bertz CT molecular complexity index is 3060. The number of furan rings is 1. The molecule has 0 spiro atoms. The quantitative estimate of drug-likeness (QED) is 0.190. The van der Waals surface area contributed by atoms with Crippen molar-refractivity contribution in [1.29, 1.82) is 0 Å². The molecule has 51 heavy (non-hydrogen) atoms. The van der Waals surface area contributed by atoms with E-state index in [4.69, 9.17) is 14.4 Å². The van der Waals surface area contributed by atoms with E-state index in [-0.39, 0.29) is 0 Å².